The second-order valence-corrected chi connectivity index (χ2v) is 6.22. The van der Waals surface area contributed by atoms with E-state index < -0.39 is 5.97 Å². The Kier molecular flexibility index (Phi) is 5.65. The predicted octanol–water partition coefficient (Wildman–Crippen LogP) is 2.59. The van der Waals surface area contributed by atoms with Crippen LogP contribution in [0.5, 0.6) is 0 Å². The second kappa shape index (κ2) is 8.30. The van der Waals surface area contributed by atoms with Gasteiger partial charge in [-0.15, -0.1) is 0 Å². The van der Waals surface area contributed by atoms with E-state index in [0.717, 1.165) is 16.6 Å². The maximum Gasteiger partial charge on any atom is 0.337 e. The number of aromatic nitrogens is 2. The molecule has 0 bridgehead atoms. The number of para-hydroxylation sites is 2. The van der Waals surface area contributed by atoms with E-state index in [1.54, 1.807) is 24.3 Å². The Bertz CT molecular complexity index is 917. The molecular weight excluding hydrogens is 352 g/mol. The van der Waals surface area contributed by atoms with Crippen LogP contribution in [-0.4, -0.2) is 40.9 Å². The number of benzene rings is 2. The Labute approximate surface area is 153 Å². The number of hydrazone groups is 1. The van der Waals surface area contributed by atoms with E-state index in [4.69, 9.17) is 0 Å². The number of nitrogens with one attached hydrogen (secondary N) is 2. The molecule has 3 aromatic rings. The predicted molar refractivity (Wildman–Crippen MR) is 100 cm³/mol. The molecule has 0 aliphatic carbocycles. The van der Waals surface area contributed by atoms with Gasteiger partial charge in [0.25, 0.3) is 5.91 Å². The lowest BCUT2D eigenvalue weighted by molar-refractivity contribution is -0.118. The molecule has 1 heterocycles. The summed E-state index contributed by atoms with van der Waals surface area (Å²) in [7, 11) is 1.33. The molecule has 132 valence electrons. The number of imidazole rings is 1. The Morgan fingerprint density at radius 3 is 2.73 bits per heavy atom. The van der Waals surface area contributed by atoms with Crippen molar-refractivity contribution >= 4 is 40.9 Å². The molecule has 2 aromatic carbocycles. The van der Waals surface area contributed by atoms with Crippen LogP contribution in [-0.2, 0) is 9.53 Å². The van der Waals surface area contributed by atoms with Crippen molar-refractivity contribution in [3.63, 3.8) is 0 Å². The lowest BCUT2D eigenvalue weighted by atomic mass is 10.1. The topological polar surface area (TPSA) is 96.4 Å². The molecule has 26 heavy (non-hydrogen) atoms. The highest BCUT2D eigenvalue weighted by Crippen LogP contribution is 2.18. The molecular formula is C18H16N4O3S. The summed E-state index contributed by atoms with van der Waals surface area (Å²) in [4.78, 5) is 30.7. The van der Waals surface area contributed by atoms with Gasteiger partial charge in [0.1, 0.15) is 0 Å². The number of thioether (sulfide) groups is 1. The number of hydrogen-bond acceptors (Lipinski definition) is 6. The molecule has 0 fully saturated rings. The fraction of sp³-hybridized carbons (Fsp3) is 0.111. The summed E-state index contributed by atoms with van der Waals surface area (Å²) in [5, 5.41) is 4.59. The van der Waals surface area contributed by atoms with E-state index >= 15 is 0 Å². The lowest BCUT2D eigenvalue weighted by Gasteiger charge is -2.00. The molecule has 0 unspecified atom stereocenters. The van der Waals surface area contributed by atoms with Gasteiger partial charge in [-0.25, -0.2) is 15.2 Å². The zero-order chi connectivity index (χ0) is 18.4. The lowest BCUT2D eigenvalue weighted by Crippen LogP contribution is -2.19. The van der Waals surface area contributed by atoms with Crippen molar-refractivity contribution in [2.75, 3.05) is 12.9 Å². The van der Waals surface area contributed by atoms with Crippen molar-refractivity contribution in [3.05, 3.63) is 59.7 Å². The van der Waals surface area contributed by atoms with Crippen molar-refractivity contribution in [1.29, 1.82) is 0 Å². The van der Waals surface area contributed by atoms with Gasteiger partial charge >= 0.3 is 5.97 Å². The number of amides is 1. The van der Waals surface area contributed by atoms with Gasteiger partial charge in [0.2, 0.25) is 0 Å². The molecule has 0 spiro atoms. The van der Waals surface area contributed by atoms with Crippen molar-refractivity contribution in [3.8, 4) is 0 Å². The number of carbonyl (C=O) groups is 2. The van der Waals surface area contributed by atoms with Gasteiger partial charge in [-0.1, -0.05) is 36.0 Å². The number of methoxy groups -OCH3 is 1. The Balaban J connectivity index is 1.48. The third-order valence-corrected chi connectivity index (χ3v) is 4.32. The Morgan fingerprint density at radius 2 is 2.00 bits per heavy atom. The number of carbonyl (C=O) groups excluding carboxylic acids is 2. The summed E-state index contributed by atoms with van der Waals surface area (Å²) >= 11 is 1.30. The molecule has 7 nitrogen and oxygen atoms in total. The maximum absolute atomic E-state index is 11.9. The summed E-state index contributed by atoms with van der Waals surface area (Å²) in [5.41, 5.74) is 5.47. The molecule has 0 saturated carbocycles. The van der Waals surface area contributed by atoms with Crippen LogP contribution in [0.1, 0.15) is 15.9 Å². The van der Waals surface area contributed by atoms with Crippen LogP contribution in [0.4, 0.5) is 0 Å². The molecule has 2 N–H and O–H groups in total. The van der Waals surface area contributed by atoms with Crippen LogP contribution in [0.3, 0.4) is 0 Å². The van der Waals surface area contributed by atoms with Crippen LogP contribution in [0.15, 0.2) is 58.8 Å². The second-order valence-electron chi connectivity index (χ2n) is 5.25. The first-order valence-electron chi connectivity index (χ1n) is 7.73. The van der Waals surface area contributed by atoms with E-state index in [-0.39, 0.29) is 11.7 Å². The highest BCUT2D eigenvalue weighted by molar-refractivity contribution is 7.99. The third kappa shape index (κ3) is 4.48. The van der Waals surface area contributed by atoms with Gasteiger partial charge < -0.3 is 9.72 Å². The normalized spacial score (nSPS) is 11.0. The number of aromatic amines is 1. The summed E-state index contributed by atoms with van der Waals surface area (Å²) < 4.78 is 4.63. The monoisotopic (exact) mass is 368 g/mol. The first kappa shape index (κ1) is 17.7. The Morgan fingerprint density at radius 1 is 1.23 bits per heavy atom. The summed E-state index contributed by atoms with van der Waals surface area (Å²) in [6.45, 7) is 0. The van der Waals surface area contributed by atoms with E-state index in [1.807, 2.05) is 24.3 Å². The van der Waals surface area contributed by atoms with E-state index in [9.17, 15) is 9.59 Å². The Hall–Kier alpha value is -3.13. The van der Waals surface area contributed by atoms with Crippen molar-refractivity contribution in [2.45, 2.75) is 5.16 Å². The summed E-state index contributed by atoms with van der Waals surface area (Å²) in [5.74, 6) is -0.444. The minimum Gasteiger partial charge on any atom is -0.465 e. The average molecular weight is 368 g/mol. The zero-order valence-electron chi connectivity index (χ0n) is 13.9. The fourth-order valence-corrected chi connectivity index (χ4v) is 2.84. The first-order valence-corrected chi connectivity index (χ1v) is 8.72. The first-order chi connectivity index (χ1) is 12.7. The molecule has 1 amide bonds. The van der Waals surface area contributed by atoms with Gasteiger partial charge in [-0.3, -0.25) is 4.79 Å². The quantitative estimate of drug-likeness (QED) is 0.302. The van der Waals surface area contributed by atoms with E-state index in [1.165, 1.54) is 25.1 Å². The smallest absolute Gasteiger partial charge is 0.337 e. The average Bonchev–Trinajstić information content (AvgIpc) is 3.09. The van der Waals surface area contributed by atoms with Crippen LogP contribution in [0, 0.1) is 0 Å². The van der Waals surface area contributed by atoms with Crippen LogP contribution in [0.2, 0.25) is 0 Å². The van der Waals surface area contributed by atoms with Crippen LogP contribution < -0.4 is 5.43 Å². The number of rotatable bonds is 6. The largest absolute Gasteiger partial charge is 0.465 e. The van der Waals surface area contributed by atoms with Crippen molar-refractivity contribution in [1.82, 2.24) is 15.4 Å². The minimum absolute atomic E-state index is 0.193. The molecule has 0 saturated heterocycles. The number of fused-ring (bicyclic) bond motifs is 1. The number of esters is 1. The maximum atomic E-state index is 11.9. The third-order valence-electron chi connectivity index (χ3n) is 3.44. The van der Waals surface area contributed by atoms with E-state index in [2.05, 4.69) is 25.2 Å². The summed E-state index contributed by atoms with van der Waals surface area (Å²) in [6, 6.07) is 14.4. The van der Waals surface area contributed by atoms with Gasteiger partial charge in [0, 0.05) is 0 Å². The van der Waals surface area contributed by atoms with Crippen molar-refractivity contribution in [2.24, 2.45) is 5.10 Å². The van der Waals surface area contributed by atoms with E-state index in [0.29, 0.717) is 10.7 Å². The van der Waals surface area contributed by atoms with Gasteiger partial charge in [-0.05, 0) is 29.8 Å². The standard InChI is InChI=1S/C18H16N4O3S/c1-25-17(24)13-8-6-12(7-9-13)10-19-22-16(23)11-26-18-20-14-4-2-3-5-15(14)21-18/h2-10H,11H2,1H3,(H,20,21)(H,22,23)/b19-10+. The number of H-pyrrole nitrogens is 1. The number of hydrogen-bond donors (Lipinski definition) is 2. The molecule has 1 aromatic heterocycles. The zero-order valence-corrected chi connectivity index (χ0v) is 14.7. The molecule has 0 aliphatic heterocycles. The molecule has 0 atom stereocenters. The van der Waals surface area contributed by atoms with Gasteiger partial charge in [0.15, 0.2) is 5.16 Å². The molecule has 3 rings (SSSR count). The summed E-state index contributed by atoms with van der Waals surface area (Å²) in [6.07, 6.45) is 1.50. The minimum atomic E-state index is -0.399. The highest BCUT2D eigenvalue weighted by Gasteiger charge is 2.06. The number of ether oxygens (including phenoxy) is 1. The van der Waals surface area contributed by atoms with Gasteiger partial charge in [-0.2, -0.15) is 5.10 Å². The molecule has 0 radical (unpaired) electrons. The molecule has 0 aliphatic rings. The van der Waals surface area contributed by atoms with Crippen molar-refractivity contribution < 1.29 is 14.3 Å². The fourth-order valence-electron chi connectivity index (χ4n) is 2.17. The van der Waals surface area contributed by atoms with Gasteiger partial charge in [0.05, 0.1) is 35.7 Å². The van der Waals surface area contributed by atoms with Crippen LogP contribution in [0.25, 0.3) is 11.0 Å². The molecule has 8 heteroatoms. The number of nitrogens with zero attached hydrogens (tertiary/aromatic N) is 2. The van der Waals surface area contributed by atoms with Crippen LogP contribution >= 0.6 is 11.8 Å². The highest BCUT2D eigenvalue weighted by atomic mass is 32.2. The SMILES string of the molecule is COC(=O)c1ccc(/C=N/NC(=O)CSc2nc3ccccc3[nH]2)cc1.